The number of thiophene rings is 1. The highest BCUT2D eigenvalue weighted by Crippen LogP contribution is 2.25. The average Bonchev–Trinajstić information content (AvgIpc) is 3.09. The predicted molar refractivity (Wildman–Crippen MR) is 115 cm³/mol. The lowest BCUT2D eigenvalue weighted by molar-refractivity contribution is 0.0411. The molecule has 0 amide bonds. The van der Waals surface area contributed by atoms with Crippen LogP contribution in [0.5, 0.6) is 0 Å². The second kappa shape index (κ2) is 12.4. The van der Waals surface area contributed by atoms with Gasteiger partial charge in [0.25, 0.3) is 0 Å². The number of ether oxygens (including phenoxy) is 1. The van der Waals surface area contributed by atoms with Gasteiger partial charge in [-0.25, -0.2) is 4.99 Å². The van der Waals surface area contributed by atoms with E-state index in [4.69, 9.17) is 4.74 Å². The summed E-state index contributed by atoms with van der Waals surface area (Å²) in [5.41, 5.74) is -0.928. The molecule has 0 radical (unpaired) electrons. The summed E-state index contributed by atoms with van der Waals surface area (Å²) < 4.78 is 6.05. The molecule has 0 saturated heterocycles. The Labute approximate surface area is 168 Å². The highest BCUT2D eigenvalue weighted by Gasteiger charge is 2.23. The third-order valence-electron chi connectivity index (χ3n) is 4.96. The first-order chi connectivity index (χ1) is 13.1. The molecule has 154 valence electrons. The van der Waals surface area contributed by atoms with Crippen molar-refractivity contribution in [3.05, 3.63) is 22.4 Å². The Bertz CT molecular complexity index is 524. The van der Waals surface area contributed by atoms with Crippen LogP contribution in [0.1, 0.15) is 70.1 Å². The van der Waals surface area contributed by atoms with Gasteiger partial charge in [0.1, 0.15) is 5.60 Å². The van der Waals surface area contributed by atoms with Gasteiger partial charge in [-0.1, -0.05) is 31.7 Å². The summed E-state index contributed by atoms with van der Waals surface area (Å²) in [6.07, 6.45) is 10.5. The van der Waals surface area contributed by atoms with E-state index in [-0.39, 0.29) is 0 Å². The highest BCUT2D eigenvalue weighted by atomic mass is 32.1. The summed E-state index contributed by atoms with van der Waals surface area (Å²) in [4.78, 5) is 5.50. The Kier molecular flexibility index (Phi) is 10.2. The van der Waals surface area contributed by atoms with Crippen LogP contribution in [0.15, 0.2) is 22.5 Å². The van der Waals surface area contributed by atoms with Gasteiger partial charge in [0.15, 0.2) is 5.96 Å². The van der Waals surface area contributed by atoms with Crippen molar-refractivity contribution in [2.45, 2.75) is 76.9 Å². The van der Waals surface area contributed by atoms with E-state index in [1.807, 2.05) is 24.4 Å². The molecule has 1 unspecified atom stereocenters. The molecular weight excluding hydrogens is 358 g/mol. The monoisotopic (exact) mass is 395 g/mol. The van der Waals surface area contributed by atoms with Gasteiger partial charge in [-0.2, -0.15) is 0 Å². The van der Waals surface area contributed by atoms with Gasteiger partial charge in [-0.3, -0.25) is 0 Å². The van der Waals surface area contributed by atoms with Crippen LogP contribution in [0, 0.1) is 0 Å². The quantitative estimate of drug-likeness (QED) is 0.242. The zero-order chi connectivity index (χ0) is 19.4. The van der Waals surface area contributed by atoms with Crippen molar-refractivity contribution in [3.8, 4) is 0 Å². The van der Waals surface area contributed by atoms with Crippen LogP contribution in [-0.4, -0.2) is 43.4 Å². The minimum atomic E-state index is -0.928. The first-order valence-electron chi connectivity index (χ1n) is 10.5. The molecule has 1 aliphatic rings. The lowest BCUT2D eigenvalue weighted by Crippen LogP contribution is -2.39. The van der Waals surface area contributed by atoms with Crippen LogP contribution in [0.25, 0.3) is 0 Å². The first-order valence-corrected chi connectivity index (χ1v) is 11.4. The summed E-state index contributed by atoms with van der Waals surface area (Å²) in [6.45, 7) is 6.73. The number of aliphatic imine (C=N–C) groups is 1. The number of aliphatic hydroxyl groups is 1. The highest BCUT2D eigenvalue weighted by molar-refractivity contribution is 7.10. The Balaban J connectivity index is 1.65. The zero-order valence-corrected chi connectivity index (χ0v) is 17.8. The van der Waals surface area contributed by atoms with Crippen LogP contribution >= 0.6 is 11.3 Å². The molecule has 0 spiro atoms. The summed E-state index contributed by atoms with van der Waals surface area (Å²) >= 11 is 1.56. The van der Waals surface area contributed by atoms with E-state index >= 15 is 0 Å². The van der Waals surface area contributed by atoms with E-state index in [0.29, 0.717) is 12.6 Å². The predicted octanol–water partition coefficient (Wildman–Crippen LogP) is 4.03. The first kappa shape index (κ1) is 22.2. The fourth-order valence-electron chi connectivity index (χ4n) is 3.33. The smallest absolute Gasteiger partial charge is 0.191 e. The number of guanidine groups is 1. The Morgan fingerprint density at radius 1 is 1.26 bits per heavy atom. The van der Waals surface area contributed by atoms with Crippen molar-refractivity contribution >= 4 is 17.3 Å². The Morgan fingerprint density at radius 3 is 2.70 bits per heavy atom. The molecule has 1 aromatic heterocycles. The molecule has 6 heteroatoms. The van der Waals surface area contributed by atoms with Crippen molar-refractivity contribution < 1.29 is 9.84 Å². The molecule has 1 saturated carbocycles. The molecule has 1 atom stereocenters. The fraction of sp³-hybridized carbons (Fsp3) is 0.762. The molecule has 1 aliphatic carbocycles. The molecule has 27 heavy (non-hydrogen) atoms. The van der Waals surface area contributed by atoms with Crippen LogP contribution in [0.4, 0.5) is 0 Å². The van der Waals surface area contributed by atoms with Gasteiger partial charge < -0.3 is 20.5 Å². The topological polar surface area (TPSA) is 65.9 Å². The SMILES string of the molecule is CCNC(=NCC(C)(O)c1cccs1)NCCCCOC1CCCCCC1. The Hall–Kier alpha value is -1.11. The van der Waals surface area contributed by atoms with E-state index in [9.17, 15) is 5.11 Å². The molecule has 1 fully saturated rings. The summed E-state index contributed by atoms with van der Waals surface area (Å²) in [5.74, 6) is 0.763. The molecule has 3 N–H and O–H groups in total. The van der Waals surface area contributed by atoms with E-state index in [2.05, 4.69) is 22.5 Å². The third-order valence-corrected chi connectivity index (χ3v) is 6.08. The van der Waals surface area contributed by atoms with Crippen molar-refractivity contribution in [2.24, 2.45) is 4.99 Å². The van der Waals surface area contributed by atoms with Crippen LogP contribution in [0.3, 0.4) is 0 Å². The van der Waals surface area contributed by atoms with Gasteiger partial charge in [0.05, 0.1) is 12.6 Å². The van der Waals surface area contributed by atoms with Gasteiger partial charge in [0, 0.05) is 24.6 Å². The average molecular weight is 396 g/mol. The molecule has 2 rings (SSSR count). The molecule has 0 aliphatic heterocycles. The van der Waals surface area contributed by atoms with E-state index in [1.165, 1.54) is 38.5 Å². The second-order valence-electron chi connectivity index (χ2n) is 7.56. The minimum Gasteiger partial charge on any atom is -0.383 e. The van der Waals surface area contributed by atoms with Gasteiger partial charge in [0.2, 0.25) is 0 Å². The molecule has 1 heterocycles. The summed E-state index contributed by atoms with van der Waals surface area (Å²) in [5, 5.41) is 19.2. The number of unbranched alkanes of at least 4 members (excludes halogenated alkanes) is 1. The van der Waals surface area contributed by atoms with Crippen LogP contribution in [0.2, 0.25) is 0 Å². The third kappa shape index (κ3) is 8.62. The normalized spacial score (nSPS) is 18.7. The van der Waals surface area contributed by atoms with Crippen LogP contribution in [-0.2, 0) is 10.3 Å². The lowest BCUT2D eigenvalue weighted by Gasteiger charge is -2.20. The van der Waals surface area contributed by atoms with Gasteiger partial charge >= 0.3 is 0 Å². The maximum atomic E-state index is 10.6. The summed E-state index contributed by atoms with van der Waals surface area (Å²) in [7, 11) is 0. The van der Waals surface area contributed by atoms with Crippen molar-refractivity contribution in [2.75, 3.05) is 26.2 Å². The van der Waals surface area contributed by atoms with Crippen molar-refractivity contribution in [1.82, 2.24) is 10.6 Å². The minimum absolute atomic E-state index is 0.341. The van der Waals surface area contributed by atoms with Gasteiger partial charge in [-0.15, -0.1) is 11.3 Å². The zero-order valence-electron chi connectivity index (χ0n) is 17.0. The maximum absolute atomic E-state index is 10.6. The van der Waals surface area contributed by atoms with Crippen LogP contribution < -0.4 is 10.6 Å². The number of hydrogen-bond acceptors (Lipinski definition) is 4. The summed E-state index contributed by atoms with van der Waals surface area (Å²) in [6, 6.07) is 3.91. The number of nitrogens with zero attached hydrogens (tertiary/aromatic N) is 1. The molecule has 0 aromatic carbocycles. The van der Waals surface area contributed by atoms with E-state index < -0.39 is 5.60 Å². The molecule has 0 bridgehead atoms. The number of hydrogen-bond donors (Lipinski definition) is 3. The molecule has 5 nitrogen and oxygen atoms in total. The maximum Gasteiger partial charge on any atom is 0.191 e. The van der Waals surface area contributed by atoms with Crippen molar-refractivity contribution in [3.63, 3.8) is 0 Å². The molecule has 1 aromatic rings. The Morgan fingerprint density at radius 2 is 2.04 bits per heavy atom. The van der Waals surface area contributed by atoms with E-state index in [0.717, 1.165) is 43.4 Å². The number of nitrogens with one attached hydrogen (secondary N) is 2. The fourth-order valence-corrected chi connectivity index (χ4v) is 4.11. The molecular formula is C21H37N3O2S. The number of rotatable bonds is 10. The van der Waals surface area contributed by atoms with Gasteiger partial charge in [-0.05, 0) is 51.0 Å². The second-order valence-corrected chi connectivity index (χ2v) is 8.51. The van der Waals surface area contributed by atoms with Crippen molar-refractivity contribution in [1.29, 1.82) is 0 Å². The standard InChI is InChI=1S/C21H37N3O2S/c1-3-22-20(24-17-21(2,25)19-13-10-16-27-19)23-14-8-9-15-26-18-11-6-4-5-7-12-18/h10,13,16,18,25H,3-9,11-12,14-15,17H2,1-2H3,(H2,22,23,24). The van der Waals surface area contributed by atoms with E-state index in [1.54, 1.807) is 11.3 Å². The lowest BCUT2D eigenvalue weighted by atomic mass is 10.1. The largest absolute Gasteiger partial charge is 0.383 e.